The standard InChI is InChI=1S/C12H14N2O3S/c1-7(12(16)17)14-10(15)8(2)18-11(14)9-5-3-4-6-13-9/h3-8,11H,1-2H3,(H,16,17)/t7-,8?,11?/m0/s1. The molecule has 1 aromatic rings. The van der Waals surface area contributed by atoms with Gasteiger partial charge in [-0.05, 0) is 26.0 Å². The van der Waals surface area contributed by atoms with E-state index in [9.17, 15) is 9.59 Å². The number of rotatable bonds is 3. The van der Waals surface area contributed by atoms with Crippen molar-refractivity contribution in [1.29, 1.82) is 0 Å². The molecule has 6 heteroatoms. The van der Waals surface area contributed by atoms with Crippen LogP contribution in [0.1, 0.15) is 24.9 Å². The molecule has 5 nitrogen and oxygen atoms in total. The summed E-state index contributed by atoms with van der Waals surface area (Å²) in [6.45, 7) is 3.31. The van der Waals surface area contributed by atoms with Crippen LogP contribution in [0.5, 0.6) is 0 Å². The molecule has 0 aromatic carbocycles. The number of hydrogen-bond donors (Lipinski definition) is 1. The molecular weight excluding hydrogens is 252 g/mol. The number of aliphatic carboxylic acids is 1. The van der Waals surface area contributed by atoms with Crippen molar-refractivity contribution in [3.8, 4) is 0 Å². The second kappa shape index (κ2) is 4.97. The van der Waals surface area contributed by atoms with Crippen LogP contribution in [0.15, 0.2) is 24.4 Å². The van der Waals surface area contributed by atoms with Crippen molar-refractivity contribution < 1.29 is 14.7 Å². The summed E-state index contributed by atoms with van der Waals surface area (Å²) in [4.78, 5) is 28.8. The molecule has 2 rings (SSSR count). The quantitative estimate of drug-likeness (QED) is 0.898. The van der Waals surface area contributed by atoms with Crippen molar-refractivity contribution in [2.45, 2.75) is 30.5 Å². The van der Waals surface area contributed by atoms with Gasteiger partial charge in [-0.15, -0.1) is 11.8 Å². The predicted molar refractivity (Wildman–Crippen MR) is 68.0 cm³/mol. The number of carbonyl (C=O) groups excluding carboxylic acids is 1. The third-order valence-electron chi connectivity index (χ3n) is 2.90. The van der Waals surface area contributed by atoms with Crippen LogP contribution in [0.3, 0.4) is 0 Å². The molecule has 1 aromatic heterocycles. The lowest BCUT2D eigenvalue weighted by Crippen LogP contribution is -2.42. The lowest BCUT2D eigenvalue weighted by molar-refractivity contribution is -0.149. The number of thioether (sulfide) groups is 1. The monoisotopic (exact) mass is 266 g/mol. The first-order valence-electron chi connectivity index (χ1n) is 5.63. The summed E-state index contributed by atoms with van der Waals surface area (Å²) in [6, 6.07) is 4.59. The summed E-state index contributed by atoms with van der Waals surface area (Å²) < 4.78 is 0. The summed E-state index contributed by atoms with van der Waals surface area (Å²) in [5.41, 5.74) is 0.716. The minimum Gasteiger partial charge on any atom is -0.480 e. The van der Waals surface area contributed by atoms with Gasteiger partial charge in [0.15, 0.2) is 0 Å². The molecule has 96 valence electrons. The van der Waals surface area contributed by atoms with Crippen LogP contribution in [0, 0.1) is 0 Å². The van der Waals surface area contributed by atoms with E-state index in [1.807, 2.05) is 12.1 Å². The molecule has 1 saturated heterocycles. The van der Waals surface area contributed by atoms with E-state index in [1.165, 1.54) is 23.6 Å². The summed E-state index contributed by atoms with van der Waals surface area (Å²) >= 11 is 1.43. The Kier molecular flexibility index (Phi) is 3.56. The highest BCUT2D eigenvalue weighted by Gasteiger charge is 2.43. The Bertz CT molecular complexity index is 466. The topological polar surface area (TPSA) is 70.5 Å². The van der Waals surface area contributed by atoms with Crippen molar-refractivity contribution in [1.82, 2.24) is 9.88 Å². The van der Waals surface area contributed by atoms with Crippen molar-refractivity contribution in [2.75, 3.05) is 0 Å². The SMILES string of the molecule is CC1SC(c2ccccn2)N([C@@H](C)C(=O)O)C1=O. The molecule has 2 heterocycles. The number of amides is 1. The van der Waals surface area contributed by atoms with E-state index in [0.29, 0.717) is 5.69 Å². The Balaban J connectivity index is 2.34. The smallest absolute Gasteiger partial charge is 0.326 e. The third kappa shape index (κ3) is 2.20. The number of carbonyl (C=O) groups is 2. The van der Waals surface area contributed by atoms with Gasteiger partial charge in [-0.3, -0.25) is 9.78 Å². The van der Waals surface area contributed by atoms with Gasteiger partial charge in [0.1, 0.15) is 11.4 Å². The van der Waals surface area contributed by atoms with Crippen LogP contribution in [0.25, 0.3) is 0 Å². The van der Waals surface area contributed by atoms with E-state index in [2.05, 4.69) is 4.98 Å². The van der Waals surface area contributed by atoms with Crippen molar-refractivity contribution in [3.63, 3.8) is 0 Å². The zero-order valence-electron chi connectivity index (χ0n) is 10.1. The lowest BCUT2D eigenvalue weighted by atomic mass is 10.2. The molecule has 0 spiro atoms. The zero-order chi connectivity index (χ0) is 13.3. The van der Waals surface area contributed by atoms with E-state index in [-0.39, 0.29) is 16.5 Å². The number of hydrogen-bond acceptors (Lipinski definition) is 4. The van der Waals surface area contributed by atoms with Gasteiger partial charge in [0.05, 0.1) is 10.9 Å². The molecule has 1 aliphatic rings. The fraction of sp³-hybridized carbons (Fsp3) is 0.417. The van der Waals surface area contributed by atoms with Gasteiger partial charge >= 0.3 is 5.97 Å². The number of nitrogens with zero attached hydrogens (tertiary/aromatic N) is 2. The summed E-state index contributed by atoms with van der Waals surface area (Å²) in [5, 5.41) is 8.53. The number of pyridine rings is 1. The fourth-order valence-corrected chi connectivity index (χ4v) is 3.21. The first-order chi connectivity index (χ1) is 8.52. The minimum atomic E-state index is -1.00. The van der Waals surface area contributed by atoms with Crippen LogP contribution in [-0.4, -0.2) is 38.2 Å². The van der Waals surface area contributed by atoms with Crippen molar-refractivity contribution in [3.05, 3.63) is 30.1 Å². The minimum absolute atomic E-state index is 0.148. The largest absolute Gasteiger partial charge is 0.480 e. The molecule has 3 atom stereocenters. The molecule has 2 unspecified atom stereocenters. The molecule has 18 heavy (non-hydrogen) atoms. The number of carboxylic acid groups (broad SMARTS) is 1. The van der Waals surface area contributed by atoms with Gasteiger partial charge < -0.3 is 10.0 Å². The molecular formula is C12H14N2O3S. The van der Waals surface area contributed by atoms with Crippen LogP contribution in [0.4, 0.5) is 0 Å². The molecule has 0 radical (unpaired) electrons. The van der Waals surface area contributed by atoms with E-state index >= 15 is 0 Å². The van der Waals surface area contributed by atoms with E-state index < -0.39 is 12.0 Å². The normalized spacial score (nSPS) is 25.2. The van der Waals surface area contributed by atoms with Crippen LogP contribution < -0.4 is 0 Å². The third-order valence-corrected chi connectivity index (χ3v) is 4.24. The first kappa shape index (κ1) is 12.9. The van der Waals surface area contributed by atoms with Gasteiger partial charge in [0, 0.05) is 6.20 Å². The van der Waals surface area contributed by atoms with E-state index in [1.54, 1.807) is 19.2 Å². The summed E-state index contributed by atoms with van der Waals surface area (Å²) in [6.07, 6.45) is 1.65. The zero-order valence-corrected chi connectivity index (χ0v) is 10.9. The van der Waals surface area contributed by atoms with Gasteiger partial charge in [-0.25, -0.2) is 4.79 Å². The second-order valence-corrected chi connectivity index (χ2v) is 5.57. The average Bonchev–Trinajstić information content (AvgIpc) is 2.66. The van der Waals surface area contributed by atoms with E-state index in [0.717, 1.165) is 0 Å². The van der Waals surface area contributed by atoms with Gasteiger partial charge in [0.2, 0.25) is 5.91 Å². The Morgan fingerprint density at radius 3 is 2.83 bits per heavy atom. The number of carboxylic acids is 1. The Morgan fingerprint density at radius 2 is 2.28 bits per heavy atom. The second-order valence-electron chi connectivity index (χ2n) is 4.14. The van der Waals surface area contributed by atoms with E-state index in [4.69, 9.17) is 5.11 Å². The molecule has 0 aliphatic carbocycles. The molecule has 0 bridgehead atoms. The molecule has 1 aliphatic heterocycles. The lowest BCUT2D eigenvalue weighted by Gasteiger charge is -2.26. The van der Waals surface area contributed by atoms with Gasteiger partial charge in [-0.1, -0.05) is 6.07 Å². The maximum atomic E-state index is 12.0. The molecule has 1 amide bonds. The Labute approximate surface area is 109 Å². The van der Waals surface area contributed by atoms with Crippen LogP contribution >= 0.6 is 11.8 Å². The van der Waals surface area contributed by atoms with Gasteiger partial charge in [-0.2, -0.15) is 0 Å². The predicted octanol–water partition coefficient (Wildman–Crippen LogP) is 1.52. The highest BCUT2D eigenvalue weighted by molar-refractivity contribution is 8.01. The summed E-state index contributed by atoms with van der Waals surface area (Å²) in [5.74, 6) is -1.15. The Morgan fingerprint density at radius 1 is 1.56 bits per heavy atom. The molecule has 1 N–H and O–H groups in total. The molecule has 1 fully saturated rings. The first-order valence-corrected chi connectivity index (χ1v) is 6.58. The fourth-order valence-electron chi connectivity index (χ4n) is 1.89. The maximum Gasteiger partial charge on any atom is 0.326 e. The maximum absolute atomic E-state index is 12.0. The highest BCUT2D eigenvalue weighted by Crippen LogP contribution is 2.43. The van der Waals surface area contributed by atoms with Crippen LogP contribution in [0.2, 0.25) is 0 Å². The molecule has 0 saturated carbocycles. The summed E-state index contributed by atoms with van der Waals surface area (Å²) in [7, 11) is 0. The Hall–Kier alpha value is -1.56. The average molecular weight is 266 g/mol. The van der Waals surface area contributed by atoms with Gasteiger partial charge in [0.25, 0.3) is 0 Å². The highest BCUT2D eigenvalue weighted by atomic mass is 32.2. The van der Waals surface area contributed by atoms with Crippen molar-refractivity contribution in [2.24, 2.45) is 0 Å². The number of aromatic nitrogens is 1. The van der Waals surface area contributed by atoms with Crippen molar-refractivity contribution >= 4 is 23.6 Å². The van der Waals surface area contributed by atoms with Crippen LogP contribution in [-0.2, 0) is 9.59 Å².